The van der Waals surface area contributed by atoms with Gasteiger partial charge in [0.1, 0.15) is 12.1 Å². The Labute approximate surface area is 282 Å². The first-order valence-electron chi connectivity index (χ1n) is 16.8. The molecular weight excluding hydrogens is 648 g/mol. The summed E-state index contributed by atoms with van der Waals surface area (Å²) < 4.78 is 53.7. The van der Waals surface area contributed by atoms with Crippen LogP contribution in [0.15, 0.2) is 0 Å². The van der Waals surface area contributed by atoms with Gasteiger partial charge in [0.15, 0.2) is 9.84 Å². The highest BCUT2D eigenvalue weighted by atomic mass is 32.2. The van der Waals surface area contributed by atoms with Crippen molar-refractivity contribution in [1.29, 1.82) is 0 Å². The van der Waals surface area contributed by atoms with E-state index in [1.54, 1.807) is 20.8 Å². The lowest BCUT2D eigenvalue weighted by Crippen LogP contribution is -2.64. The number of likely N-dealkylation sites (tertiary alicyclic amines) is 1. The topological polar surface area (TPSA) is 185 Å². The molecule has 1 heterocycles. The number of hydrogen-bond donors (Lipinski definition) is 4. The summed E-state index contributed by atoms with van der Waals surface area (Å²) in [6, 6.07) is -4.14. The summed E-state index contributed by atoms with van der Waals surface area (Å²) >= 11 is 0. The van der Waals surface area contributed by atoms with Gasteiger partial charge in [-0.15, -0.1) is 0 Å². The number of nitrogens with one attached hydrogen (secondary N) is 3. The van der Waals surface area contributed by atoms with Crippen LogP contribution in [0.2, 0.25) is 0 Å². The predicted octanol–water partition coefficient (Wildman–Crippen LogP) is 2.68. The number of carbonyl (C=O) groups is 5. The Balaban J connectivity index is 1.57. The van der Waals surface area contributed by atoms with Crippen LogP contribution in [0.25, 0.3) is 0 Å². The number of sulfone groups is 1. The molecule has 5 atom stereocenters. The number of hydrogen-bond acceptors (Lipinski definition) is 7. The van der Waals surface area contributed by atoms with E-state index in [9.17, 15) is 41.2 Å². The molecule has 3 aliphatic carbocycles. The van der Waals surface area contributed by atoms with Crippen LogP contribution in [0.5, 0.6) is 0 Å². The molecule has 12 nitrogen and oxygen atoms in total. The Morgan fingerprint density at radius 1 is 0.938 bits per heavy atom. The number of halogens is 2. The SMILES string of the molecule is CC(C)(C)[C@H](NC(=O)NC1(CS(=O)(=O)C(C)(C)C)CCC(F)(F)CC1)C(=O)N1CC2[C@@H]([C@H]1C(=O)NC(CC1CC1)C(=O)C(N)=O)C2(C)C. The number of amides is 5. The van der Waals surface area contributed by atoms with E-state index in [-0.39, 0.29) is 49.0 Å². The number of ketones is 1. The number of piperidine rings is 1. The Morgan fingerprint density at radius 2 is 1.50 bits per heavy atom. The largest absolute Gasteiger partial charge is 0.363 e. The molecule has 0 aromatic rings. The first-order chi connectivity index (χ1) is 21.7. The number of fused-ring (bicyclic) bond motifs is 1. The third-order valence-corrected chi connectivity index (χ3v) is 13.8. The summed E-state index contributed by atoms with van der Waals surface area (Å²) in [4.78, 5) is 67.6. The van der Waals surface area contributed by atoms with Gasteiger partial charge >= 0.3 is 6.03 Å². The average molecular weight is 702 g/mol. The molecule has 4 aliphatic rings. The third kappa shape index (κ3) is 7.96. The number of urea groups is 1. The fourth-order valence-corrected chi connectivity index (χ4v) is 8.88. The summed E-state index contributed by atoms with van der Waals surface area (Å²) in [6.07, 6.45) is 0.283. The number of carbonyl (C=O) groups excluding carboxylic acids is 5. The average Bonchev–Trinajstić information content (AvgIpc) is 3.78. The lowest BCUT2D eigenvalue weighted by atomic mass is 9.81. The van der Waals surface area contributed by atoms with Crippen molar-refractivity contribution in [3.05, 3.63) is 0 Å². The minimum absolute atomic E-state index is 0.0184. The van der Waals surface area contributed by atoms with Gasteiger partial charge in [-0.25, -0.2) is 22.0 Å². The van der Waals surface area contributed by atoms with Crippen molar-refractivity contribution in [3.8, 4) is 0 Å². The van der Waals surface area contributed by atoms with Gasteiger partial charge in [-0.05, 0) is 68.6 Å². The lowest BCUT2D eigenvalue weighted by molar-refractivity contribution is -0.145. The zero-order chi connectivity index (χ0) is 36.4. The smallest absolute Gasteiger partial charge is 0.315 e. The molecule has 15 heteroatoms. The Morgan fingerprint density at radius 3 is 1.98 bits per heavy atom. The monoisotopic (exact) mass is 701 g/mol. The molecule has 4 fully saturated rings. The first kappa shape index (κ1) is 38.0. The van der Waals surface area contributed by atoms with Crippen LogP contribution in [-0.4, -0.2) is 89.5 Å². The van der Waals surface area contributed by atoms with Gasteiger partial charge in [-0.1, -0.05) is 47.5 Å². The van der Waals surface area contributed by atoms with Gasteiger partial charge in [0.25, 0.3) is 5.91 Å². The molecular formula is C33H53F2N5O7S. The molecule has 4 rings (SSSR count). The van der Waals surface area contributed by atoms with Crippen LogP contribution in [0.4, 0.5) is 13.6 Å². The highest BCUT2D eigenvalue weighted by Gasteiger charge is 2.70. The van der Waals surface area contributed by atoms with Gasteiger partial charge in [0.2, 0.25) is 23.5 Å². The molecule has 272 valence electrons. The second-order valence-electron chi connectivity index (χ2n) is 17.3. The molecule has 0 aromatic heterocycles. The van der Waals surface area contributed by atoms with Crippen molar-refractivity contribution in [2.45, 2.75) is 135 Å². The molecule has 0 spiro atoms. The highest BCUT2D eigenvalue weighted by Crippen LogP contribution is 2.65. The van der Waals surface area contributed by atoms with Crippen molar-refractivity contribution in [3.63, 3.8) is 0 Å². The number of rotatable bonds is 11. The van der Waals surface area contributed by atoms with Crippen LogP contribution in [-0.2, 0) is 29.0 Å². The second kappa shape index (κ2) is 12.5. The normalized spacial score (nSPS) is 27.2. The molecule has 2 unspecified atom stereocenters. The number of nitrogens with two attached hydrogens (primary N) is 1. The zero-order valence-corrected chi connectivity index (χ0v) is 30.2. The van der Waals surface area contributed by atoms with Crippen LogP contribution in [0, 0.1) is 28.6 Å². The Kier molecular flexibility index (Phi) is 9.88. The maximum Gasteiger partial charge on any atom is 0.315 e. The molecule has 5 N–H and O–H groups in total. The summed E-state index contributed by atoms with van der Waals surface area (Å²) in [5.74, 6) is -6.76. The summed E-state index contributed by atoms with van der Waals surface area (Å²) in [5.41, 5.74) is 2.64. The van der Waals surface area contributed by atoms with Crippen molar-refractivity contribution in [2.24, 2.45) is 34.3 Å². The van der Waals surface area contributed by atoms with E-state index in [0.717, 1.165) is 12.8 Å². The maximum absolute atomic E-state index is 14.3. The van der Waals surface area contributed by atoms with E-state index >= 15 is 0 Å². The highest BCUT2D eigenvalue weighted by molar-refractivity contribution is 7.92. The number of Topliss-reactive ketones (excluding diaryl/α,β-unsaturated/α-hetero) is 1. The van der Waals surface area contributed by atoms with Crippen molar-refractivity contribution < 1.29 is 41.2 Å². The Hall–Kier alpha value is -2.84. The molecule has 0 radical (unpaired) electrons. The number of primary amides is 1. The van der Waals surface area contributed by atoms with E-state index < -0.39 is 97.7 Å². The number of alkyl halides is 2. The quantitative estimate of drug-likeness (QED) is 0.239. The molecule has 0 aromatic carbocycles. The minimum Gasteiger partial charge on any atom is -0.363 e. The summed E-state index contributed by atoms with van der Waals surface area (Å²) in [7, 11) is -3.84. The van der Waals surface area contributed by atoms with Crippen LogP contribution in [0.1, 0.15) is 100 Å². The molecule has 48 heavy (non-hydrogen) atoms. The van der Waals surface area contributed by atoms with Crippen LogP contribution < -0.4 is 21.7 Å². The lowest BCUT2D eigenvalue weighted by Gasteiger charge is -2.43. The second-order valence-corrected chi connectivity index (χ2v) is 20.0. The molecule has 1 aliphatic heterocycles. The number of nitrogens with zero attached hydrogens (tertiary/aromatic N) is 1. The standard InChI is InChI=1S/C33H53F2N5O7S/c1-29(2,3)24(38-28(45)39-32(11-13-33(34,35)14-12-32)17-48(46,47)30(4,5)6)27(44)40-16-19-21(31(19,7)8)22(40)26(43)37-20(15-18-9-10-18)23(41)25(36)42/h18-22,24H,9-17H2,1-8H3,(H2,36,42)(H,37,43)(H2,38,39,45)/t19?,20?,21-,22-,24+/m0/s1. The Bertz CT molecular complexity index is 1440. The summed E-state index contributed by atoms with van der Waals surface area (Å²) in [5, 5.41) is 8.10. The molecule has 0 bridgehead atoms. The van der Waals surface area contributed by atoms with Gasteiger partial charge in [-0.3, -0.25) is 19.2 Å². The van der Waals surface area contributed by atoms with Gasteiger partial charge in [0, 0.05) is 19.4 Å². The predicted molar refractivity (Wildman–Crippen MR) is 174 cm³/mol. The molecule has 1 saturated heterocycles. The van der Waals surface area contributed by atoms with E-state index in [0.29, 0.717) is 0 Å². The van der Waals surface area contributed by atoms with E-state index in [1.807, 2.05) is 13.8 Å². The summed E-state index contributed by atoms with van der Waals surface area (Å²) in [6.45, 7) is 13.9. The first-order valence-corrected chi connectivity index (χ1v) is 18.5. The maximum atomic E-state index is 14.3. The van der Waals surface area contributed by atoms with E-state index in [1.165, 1.54) is 25.7 Å². The fourth-order valence-electron chi connectivity index (χ4n) is 7.36. The third-order valence-electron chi connectivity index (χ3n) is 11.0. The van der Waals surface area contributed by atoms with Crippen LogP contribution >= 0.6 is 0 Å². The van der Waals surface area contributed by atoms with E-state index in [2.05, 4.69) is 16.0 Å². The van der Waals surface area contributed by atoms with E-state index in [4.69, 9.17) is 5.73 Å². The van der Waals surface area contributed by atoms with Crippen molar-refractivity contribution in [2.75, 3.05) is 12.3 Å². The van der Waals surface area contributed by atoms with Crippen molar-refractivity contribution in [1.82, 2.24) is 20.9 Å². The molecule has 3 saturated carbocycles. The van der Waals surface area contributed by atoms with Gasteiger partial charge < -0.3 is 26.6 Å². The minimum atomic E-state index is -3.84. The zero-order valence-electron chi connectivity index (χ0n) is 29.4. The fraction of sp³-hybridized carbons (Fsp3) is 0.848. The van der Waals surface area contributed by atoms with Gasteiger partial charge in [-0.2, -0.15) is 0 Å². The van der Waals surface area contributed by atoms with Crippen molar-refractivity contribution >= 4 is 39.4 Å². The van der Waals surface area contributed by atoms with Crippen LogP contribution in [0.3, 0.4) is 0 Å². The molecule has 5 amide bonds. The van der Waals surface area contributed by atoms with Gasteiger partial charge in [0.05, 0.1) is 22.1 Å².